The summed E-state index contributed by atoms with van der Waals surface area (Å²) in [6.07, 6.45) is 5.41. The van der Waals surface area contributed by atoms with Crippen LogP contribution >= 0.6 is 0 Å². The molecule has 0 aromatic carbocycles. The molecule has 0 saturated heterocycles. The molecule has 0 radical (unpaired) electrons. The van der Waals surface area contributed by atoms with Crippen LogP contribution in [-0.2, 0) is 14.3 Å². The van der Waals surface area contributed by atoms with Crippen molar-refractivity contribution in [3.8, 4) is 0 Å². The van der Waals surface area contributed by atoms with Gasteiger partial charge in [0.1, 0.15) is 0 Å². The van der Waals surface area contributed by atoms with E-state index in [1.807, 2.05) is 0 Å². The molecule has 1 amide bonds. The van der Waals surface area contributed by atoms with Crippen LogP contribution in [0.3, 0.4) is 0 Å². The first-order chi connectivity index (χ1) is 7.72. The van der Waals surface area contributed by atoms with Crippen molar-refractivity contribution in [2.75, 3.05) is 13.2 Å². The van der Waals surface area contributed by atoms with E-state index >= 15 is 0 Å². The second-order valence-electron chi connectivity index (χ2n) is 4.24. The van der Waals surface area contributed by atoms with E-state index in [0.29, 0.717) is 6.61 Å². The SMILES string of the molecule is CCOC(=O)CCC(=O)NCCCC1CC1. The zero-order valence-corrected chi connectivity index (χ0v) is 9.96. The third-order valence-electron chi connectivity index (χ3n) is 2.67. The summed E-state index contributed by atoms with van der Waals surface area (Å²) in [5.41, 5.74) is 0. The lowest BCUT2D eigenvalue weighted by Gasteiger charge is -2.04. The van der Waals surface area contributed by atoms with Gasteiger partial charge >= 0.3 is 5.97 Å². The van der Waals surface area contributed by atoms with Gasteiger partial charge in [0.15, 0.2) is 0 Å². The Morgan fingerprint density at radius 3 is 2.69 bits per heavy atom. The van der Waals surface area contributed by atoms with Crippen LogP contribution in [0.1, 0.15) is 45.4 Å². The highest BCUT2D eigenvalue weighted by Crippen LogP contribution is 2.33. The first-order valence-electron chi connectivity index (χ1n) is 6.14. The van der Waals surface area contributed by atoms with Crippen LogP contribution in [0.2, 0.25) is 0 Å². The number of carbonyl (C=O) groups excluding carboxylic acids is 2. The minimum absolute atomic E-state index is 0.0520. The van der Waals surface area contributed by atoms with E-state index in [0.717, 1.165) is 18.9 Å². The van der Waals surface area contributed by atoms with Gasteiger partial charge in [0, 0.05) is 13.0 Å². The van der Waals surface area contributed by atoms with E-state index in [-0.39, 0.29) is 24.7 Å². The van der Waals surface area contributed by atoms with Crippen LogP contribution in [0, 0.1) is 5.92 Å². The van der Waals surface area contributed by atoms with Crippen molar-refractivity contribution in [3.05, 3.63) is 0 Å². The van der Waals surface area contributed by atoms with Crippen LogP contribution in [0.25, 0.3) is 0 Å². The van der Waals surface area contributed by atoms with E-state index in [9.17, 15) is 9.59 Å². The normalized spacial score (nSPS) is 14.6. The zero-order valence-electron chi connectivity index (χ0n) is 9.96. The lowest BCUT2D eigenvalue weighted by atomic mass is 10.2. The van der Waals surface area contributed by atoms with Crippen LogP contribution in [0.4, 0.5) is 0 Å². The van der Waals surface area contributed by atoms with Gasteiger partial charge in [0.2, 0.25) is 5.91 Å². The summed E-state index contributed by atoms with van der Waals surface area (Å²) in [6, 6.07) is 0. The van der Waals surface area contributed by atoms with Crippen LogP contribution < -0.4 is 5.32 Å². The van der Waals surface area contributed by atoms with Gasteiger partial charge in [-0.15, -0.1) is 0 Å². The van der Waals surface area contributed by atoms with Gasteiger partial charge in [0.25, 0.3) is 0 Å². The number of carbonyl (C=O) groups is 2. The Kier molecular flexibility index (Phi) is 5.90. The lowest BCUT2D eigenvalue weighted by Crippen LogP contribution is -2.25. The summed E-state index contributed by atoms with van der Waals surface area (Å²) < 4.78 is 4.74. The van der Waals surface area contributed by atoms with Crippen molar-refractivity contribution in [1.82, 2.24) is 5.32 Å². The molecule has 1 aliphatic rings. The van der Waals surface area contributed by atoms with Crippen molar-refractivity contribution in [3.63, 3.8) is 0 Å². The Balaban J connectivity index is 1.90. The molecule has 0 heterocycles. The minimum Gasteiger partial charge on any atom is -0.466 e. The molecule has 92 valence electrons. The molecule has 1 N–H and O–H groups in total. The average molecular weight is 227 g/mol. The molecule has 0 bridgehead atoms. The third kappa shape index (κ3) is 6.43. The number of hydrogen-bond donors (Lipinski definition) is 1. The van der Waals surface area contributed by atoms with E-state index < -0.39 is 0 Å². The van der Waals surface area contributed by atoms with Crippen LogP contribution in [0.5, 0.6) is 0 Å². The second-order valence-corrected chi connectivity index (χ2v) is 4.24. The largest absolute Gasteiger partial charge is 0.466 e. The molecule has 1 rings (SSSR count). The second kappa shape index (κ2) is 7.25. The molecule has 1 saturated carbocycles. The molecule has 1 fully saturated rings. The Morgan fingerprint density at radius 2 is 2.06 bits per heavy atom. The van der Waals surface area contributed by atoms with Crippen molar-refractivity contribution in [2.24, 2.45) is 5.92 Å². The summed E-state index contributed by atoms with van der Waals surface area (Å²) in [7, 11) is 0. The Hall–Kier alpha value is -1.06. The number of esters is 1. The van der Waals surface area contributed by atoms with Gasteiger partial charge in [0.05, 0.1) is 13.0 Å². The third-order valence-corrected chi connectivity index (χ3v) is 2.67. The average Bonchev–Trinajstić information content (AvgIpc) is 3.06. The summed E-state index contributed by atoms with van der Waals surface area (Å²) in [6.45, 7) is 2.87. The molecule has 0 aromatic rings. The molecule has 4 heteroatoms. The molecule has 0 aromatic heterocycles. The van der Waals surface area contributed by atoms with Crippen molar-refractivity contribution >= 4 is 11.9 Å². The minimum atomic E-state index is -0.296. The van der Waals surface area contributed by atoms with Crippen LogP contribution in [-0.4, -0.2) is 25.0 Å². The van der Waals surface area contributed by atoms with Gasteiger partial charge in [-0.2, -0.15) is 0 Å². The van der Waals surface area contributed by atoms with E-state index in [2.05, 4.69) is 5.32 Å². The van der Waals surface area contributed by atoms with E-state index in [4.69, 9.17) is 4.74 Å². The maximum Gasteiger partial charge on any atom is 0.306 e. The summed E-state index contributed by atoms with van der Waals surface area (Å²) in [4.78, 5) is 22.3. The number of amides is 1. The Morgan fingerprint density at radius 1 is 1.31 bits per heavy atom. The topological polar surface area (TPSA) is 55.4 Å². The molecule has 1 aliphatic carbocycles. The van der Waals surface area contributed by atoms with Gasteiger partial charge in [-0.05, 0) is 25.7 Å². The molecule has 0 spiro atoms. The maximum absolute atomic E-state index is 11.3. The number of rotatable bonds is 8. The van der Waals surface area contributed by atoms with Crippen molar-refractivity contribution < 1.29 is 14.3 Å². The fourth-order valence-corrected chi connectivity index (χ4v) is 1.56. The zero-order chi connectivity index (χ0) is 11.8. The number of hydrogen-bond acceptors (Lipinski definition) is 3. The first kappa shape index (κ1) is 13.0. The van der Waals surface area contributed by atoms with Crippen LogP contribution in [0.15, 0.2) is 0 Å². The summed E-state index contributed by atoms with van der Waals surface area (Å²) >= 11 is 0. The molecule has 4 nitrogen and oxygen atoms in total. The highest BCUT2D eigenvalue weighted by molar-refractivity contribution is 5.81. The van der Waals surface area contributed by atoms with Gasteiger partial charge in [-0.25, -0.2) is 0 Å². The summed E-state index contributed by atoms with van der Waals surface area (Å²) in [5, 5.41) is 2.82. The lowest BCUT2D eigenvalue weighted by molar-refractivity contribution is -0.144. The molecular formula is C12H21NO3. The Labute approximate surface area is 96.7 Å². The monoisotopic (exact) mass is 227 g/mol. The standard InChI is InChI=1S/C12H21NO3/c1-2-16-12(15)8-7-11(14)13-9-3-4-10-5-6-10/h10H,2-9H2,1H3,(H,13,14). The van der Waals surface area contributed by atoms with E-state index in [1.165, 1.54) is 19.3 Å². The Bertz CT molecular complexity index is 236. The predicted octanol–water partition coefficient (Wildman–Crippen LogP) is 1.64. The highest BCUT2D eigenvalue weighted by Gasteiger charge is 2.20. The van der Waals surface area contributed by atoms with Crippen molar-refractivity contribution in [2.45, 2.75) is 45.4 Å². The smallest absolute Gasteiger partial charge is 0.306 e. The summed E-state index contributed by atoms with van der Waals surface area (Å²) in [5.74, 6) is 0.566. The van der Waals surface area contributed by atoms with Crippen molar-refractivity contribution in [1.29, 1.82) is 0 Å². The molecule has 0 aliphatic heterocycles. The highest BCUT2D eigenvalue weighted by atomic mass is 16.5. The molecule has 16 heavy (non-hydrogen) atoms. The molecule has 0 atom stereocenters. The van der Waals surface area contributed by atoms with E-state index in [1.54, 1.807) is 6.92 Å². The molecule has 0 unspecified atom stereocenters. The van der Waals surface area contributed by atoms with Gasteiger partial charge < -0.3 is 10.1 Å². The first-order valence-corrected chi connectivity index (χ1v) is 6.14. The fourth-order valence-electron chi connectivity index (χ4n) is 1.56. The van der Waals surface area contributed by atoms with Gasteiger partial charge in [-0.3, -0.25) is 9.59 Å². The number of ether oxygens (including phenoxy) is 1. The quantitative estimate of drug-likeness (QED) is 0.506. The fraction of sp³-hybridized carbons (Fsp3) is 0.833. The predicted molar refractivity (Wildman–Crippen MR) is 60.8 cm³/mol. The van der Waals surface area contributed by atoms with Gasteiger partial charge in [-0.1, -0.05) is 12.8 Å². The number of nitrogens with one attached hydrogen (secondary N) is 1. The molecular weight excluding hydrogens is 206 g/mol. The maximum atomic E-state index is 11.3.